The quantitative estimate of drug-likeness (QED) is 0.744. The number of aromatic nitrogens is 2. The Balaban J connectivity index is 1.66. The molecule has 0 fully saturated rings. The molecule has 0 aliphatic heterocycles. The average Bonchev–Trinajstić information content (AvgIpc) is 2.62. The molecule has 0 bridgehead atoms. The molecule has 0 aliphatic rings. The molecule has 25 heavy (non-hydrogen) atoms. The third-order valence-corrected chi connectivity index (χ3v) is 3.71. The lowest BCUT2D eigenvalue weighted by Gasteiger charge is -2.10. The summed E-state index contributed by atoms with van der Waals surface area (Å²) in [4.78, 5) is 20.6. The van der Waals surface area contributed by atoms with Gasteiger partial charge < -0.3 is 10.1 Å². The van der Waals surface area contributed by atoms with E-state index in [0.717, 1.165) is 11.4 Å². The van der Waals surface area contributed by atoms with E-state index in [4.69, 9.17) is 16.3 Å². The van der Waals surface area contributed by atoms with Gasteiger partial charge in [-0.15, -0.1) is 0 Å². The zero-order valence-corrected chi connectivity index (χ0v) is 14.3. The van der Waals surface area contributed by atoms with Crippen molar-refractivity contribution in [1.82, 2.24) is 9.97 Å². The second-order valence-electron chi connectivity index (χ2n) is 5.37. The summed E-state index contributed by atoms with van der Waals surface area (Å²) in [5.41, 5.74) is 2.51. The molecule has 3 aromatic rings. The van der Waals surface area contributed by atoms with Crippen LogP contribution in [-0.2, 0) is 6.61 Å². The van der Waals surface area contributed by atoms with Crippen molar-refractivity contribution in [3.05, 3.63) is 82.9 Å². The maximum absolute atomic E-state index is 12.2. The molecule has 2 heterocycles. The van der Waals surface area contributed by atoms with Gasteiger partial charge in [-0.25, -0.2) is 4.98 Å². The van der Waals surface area contributed by atoms with Gasteiger partial charge >= 0.3 is 0 Å². The first-order valence-corrected chi connectivity index (χ1v) is 8.07. The fourth-order valence-electron chi connectivity index (χ4n) is 2.20. The zero-order chi connectivity index (χ0) is 17.6. The van der Waals surface area contributed by atoms with Crippen molar-refractivity contribution in [2.75, 3.05) is 5.32 Å². The fourth-order valence-corrected chi connectivity index (χ4v) is 2.43. The number of amides is 1. The van der Waals surface area contributed by atoms with Crippen molar-refractivity contribution in [1.29, 1.82) is 0 Å². The summed E-state index contributed by atoms with van der Waals surface area (Å²) < 4.78 is 5.66. The van der Waals surface area contributed by atoms with E-state index in [-0.39, 0.29) is 5.91 Å². The molecular formula is C19H16ClN3O2. The van der Waals surface area contributed by atoms with Gasteiger partial charge in [0.15, 0.2) is 0 Å². The minimum absolute atomic E-state index is 0.290. The predicted molar refractivity (Wildman–Crippen MR) is 96.9 cm³/mol. The van der Waals surface area contributed by atoms with Crippen LogP contribution in [0.25, 0.3) is 0 Å². The Morgan fingerprint density at radius 2 is 2.04 bits per heavy atom. The number of rotatable bonds is 5. The average molecular weight is 354 g/mol. The maximum atomic E-state index is 12.2. The van der Waals surface area contributed by atoms with Crippen molar-refractivity contribution in [2.45, 2.75) is 13.5 Å². The van der Waals surface area contributed by atoms with Gasteiger partial charge in [0.2, 0.25) is 0 Å². The largest absolute Gasteiger partial charge is 0.486 e. The molecule has 0 saturated carbocycles. The van der Waals surface area contributed by atoms with Crippen LogP contribution in [-0.4, -0.2) is 15.9 Å². The molecule has 0 spiro atoms. The lowest BCUT2D eigenvalue weighted by atomic mass is 10.2. The van der Waals surface area contributed by atoms with E-state index < -0.39 is 0 Å². The molecule has 1 aromatic carbocycles. The van der Waals surface area contributed by atoms with Gasteiger partial charge in [0.1, 0.15) is 18.1 Å². The first-order valence-electron chi connectivity index (χ1n) is 7.69. The summed E-state index contributed by atoms with van der Waals surface area (Å²) in [5.74, 6) is 0.237. The minimum Gasteiger partial charge on any atom is -0.486 e. The van der Waals surface area contributed by atoms with Crippen molar-refractivity contribution in [3.63, 3.8) is 0 Å². The van der Waals surface area contributed by atoms with E-state index in [2.05, 4.69) is 15.3 Å². The van der Waals surface area contributed by atoms with Gasteiger partial charge in [0, 0.05) is 17.6 Å². The first kappa shape index (κ1) is 16.9. The Morgan fingerprint density at radius 1 is 1.16 bits per heavy atom. The summed E-state index contributed by atoms with van der Waals surface area (Å²) in [7, 11) is 0. The number of halogens is 1. The second-order valence-corrected chi connectivity index (χ2v) is 5.78. The van der Waals surface area contributed by atoms with E-state index in [0.29, 0.717) is 28.8 Å². The minimum atomic E-state index is -0.290. The van der Waals surface area contributed by atoms with Gasteiger partial charge in [-0.1, -0.05) is 23.7 Å². The maximum Gasteiger partial charge on any atom is 0.274 e. The van der Waals surface area contributed by atoms with Crippen molar-refractivity contribution in [2.24, 2.45) is 0 Å². The Labute approximate surface area is 150 Å². The third-order valence-electron chi connectivity index (χ3n) is 3.41. The molecule has 2 aromatic heterocycles. The molecule has 1 N–H and O–H groups in total. The van der Waals surface area contributed by atoms with Crippen LogP contribution in [0.2, 0.25) is 5.02 Å². The molecular weight excluding hydrogens is 338 g/mol. The highest BCUT2D eigenvalue weighted by Gasteiger charge is 2.10. The number of carbonyl (C=O) groups is 1. The number of pyridine rings is 2. The van der Waals surface area contributed by atoms with Gasteiger partial charge in [-0.2, -0.15) is 0 Å². The lowest BCUT2D eigenvalue weighted by molar-refractivity contribution is 0.102. The first-order chi connectivity index (χ1) is 12.1. The van der Waals surface area contributed by atoms with E-state index in [1.54, 1.807) is 36.5 Å². The van der Waals surface area contributed by atoms with Crippen LogP contribution < -0.4 is 10.1 Å². The molecule has 0 saturated heterocycles. The number of nitrogens with one attached hydrogen (secondary N) is 1. The van der Waals surface area contributed by atoms with Gasteiger partial charge in [0.05, 0.1) is 10.7 Å². The van der Waals surface area contributed by atoms with E-state index in [1.807, 2.05) is 31.2 Å². The molecule has 0 unspecified atom stereocenters. The van der Waals surface area contributed by atoms with Crippen LogP contribution in [0.5, 0.6) is 5.75 Å². The van der Waals surface area contributed by atoms with Crippen molar-refractivity contribution < 1.29 is 9.53 Å². The second kappa shape index (κ2) is 7.77. The Hall–Kier alpha value is -2.92. The number of ether oxygens (including phenoxy) is 1. The van der Waals surface area contributed by atoms with Gasteiger partial charge in [-0.3, -0.25) is 9.78 Å². The number of hydrogen-bond donors (Lipinski definition) is 1. The highest BCUT2D eigenvalue weighted by atomic mass is 35.5. The number of hydrogen-bond acceptors (Lipinski definition) is 4. The summed E-state index contributed by atoms with van der Waals surface area (Å²) >= 11 is 6.24. The highest BCUT2D eigenvalue weighted by Crippen LogP contribution is 2.28. The van der Waals surface area contributed by atoms with Crippen LogP contribution >= 0.6 is 11.6 Å². The molecule has 0 radical (unpaired) electrons. The van der Waals surface area contributed by atoms with Crippen molar-refractivity contribution >= 4 is 23.2 Å². The highest BCUT2D eigenvalue weighted by molar-refractivity contribution is 6.32. The van der Waals surface area contributed by atoms with E-state index in [1.165, 1.54) is 0 Å². The Bertz CT molecular complexity index is 885. The topological polar surface area (TPSA) is 64.1 Å². The molecule has 126 valence electrons. The zero-order valence-electron chi connectivity index (χ0n) is 13.6. The van der Waals surface area contributed by atoms with Crippen LogP contribution in [0.15, 0.2) is 60.8 Å². The number of carbonyl (C=O) groups excluding carboxylic acids is 1. The van der Waals surface area contributed by atoms with Crippen LogP contribution in [0.1, 0.15) is 21.9 Å². The Kier molecular flexibility index (Phi) is 5.26. The van der Waals surface area contributed by atoms with E-state index >= 15 is 0 Å². The normalized spacial score (nSPS) is 10.3. The molecule has 0 aliphatic carbocycles. The summed E-state index contributed by atoms with van der Waals surface area (Å²) in [6, 6.07) is 16.0. The molecule has 0 atom stereocenters. The standard InChI is InChI=1S/C19H16ClN3O2/c1-13-5-4-7-17(22-13)19(24)23-14-8-9-18(16(20)11-14)25-12-15-6-2-3-10-21-15/h2-11H,12H2,1H3,(H,23,24). The summed E-state index contributed by atoms with van der Waals surface area (Å²) in [6.45, 7) is 2.15. The summed E-state index contributed by atoms with van der Waals surface area (Å²) in [6.07, 6.45) is 1.71. The molecule has 3 rings (SSSR count). The fraction of sp³-hybridized carbons (Fsp3) is 0.105. The Morgan fingerprint density at radius 3 is 2.76 bits per heavy atom. The number of nitrogens with zero attached hydrogens (tertiary/aromatic N) is 2. The van der Waals surface area contributed by atoms with E-state index in [9.17, 15) is 4.79 Å². The lowest BCUT2D eigenvalue weighted by Crippen LogP contribution is -2.14. The number of benzene rings is 1. The van der Waals surface area contributed by atoms with Crippen molar-refractivity contribution in [3.8, 4) is 5.75 Å². The smallest absolute Gasteiger partial charge is 0.274 e. The number of anilines is 1. The summed E-state index contributed by atoms with van der Waals surface area (Å²) in [5, 5.41) is 3.18. The molecule has 1 amide bonds. The van der Waals surface area contributed by atoms with Crippen LogP contribution in [0, 0.1) is 6.92 Å². The SMILES string of the molecule is Cc1cccc(C(=O)Nc2ccc(OCc3ccccn3)c(Cl)c2)n1. The van der Waals surface area contributed by atoms with Crippen LogP contribution in [0.3, 0.4) is 0 Å². The van der Waals surface area contributed by atoms with Crippen LogP contribution in [0.4, 0.5) is 5.69 Å². The van der Waals surface area contributed by atoms with Gasteiger partial charge in [0.25, 0.3) is 5.91 Å². The monoisotopic (exact) mass is 353 g/mol. The molecule has 5 nitrogen and oxygen atoms in total. The third kappa shape index (κ3) is 4.55. The number of aryl methyl sites for hydroxylation is 1. The van der Waals surface area contributed by atoms with Gasteiger partial charge in [-0.05, 0) is 49.4 Å². The predicted octanol–water partition coefficient (Wildman–Crippen LogP) is 4.27. The molecule has 6 heteroatoms.